The maximum Gasteiger partial charge on any atom is 0.181 e. The lowest BCUT2D eigenvalue weighted by atomic mass is 9.77. The van der Waals surface area contributed by atoms with Crippen LogP contribution in [0.2, 0.25) is 0 Å². The molecule has 19 heteroatoms. The highest BCUT2D eigenvalue weighted by atomic mass is 32.2. The average molecular weight is 872 g/mol. The molecule has 0 amide bonds. The minimum atomic E-state index is -0.468. The first-order chi connectivity index (χ1) is 28.1. The molecule has 0 radical (unpaired) electrons. The minimum Gasteiger partial charge on any atom is -0.396 e. The van der Waals surface area contributed by atoms with Crippen LogP contribution in [-0.2, 0) is 33.2 Å². The van der Waals surface area contributed by atoms with Crippen molar-refractivity contribution in [2.45, 2.75) is 172 Å². The monoisotopic (exact) mass is 872 g/mol. The molecule has 5 saturated heterocycles. The molecule has 1 saturated carbocycles. The zero-order valence-electron chi connectivity index (χ0n) is 36.2. The number of aliphatic hydroxyl groups excluding tert-OH is 8. The Labute approximate surface area is 355 Å². The summed E-state index contributed by atoms with van der Waals surface area (Å²) in [7, 11) is 0. The molecule has 18 nitrogen and oxygen atoms in total. The number of hydrogen-bond donors (Lipinski definition) is 8. The van der Waals surface area contributed by atoms with Gasteiger partial charge in [0, 0.05) is 23.7 Å². The molecular weight excluding hydrogens is 795 g/mol. The highest BCUT2D eigenvalue weighted by molar-refractivity contribution is 8.00. The normalized spacial score (nSPS) is 38.8. The molecule has 0 aromatic carbocycles. The molecule has 0 bridgehead atoms. The SMILES string of the molecule is CC1C=CC(CO)O1.CC1CC(CO)C1.CC1CC(N=[N+]=[N-])C(CO)O1.CC1CC(O)C(CO)O1.CC1CCC(CO)O1.CC1COC(CO)O1.CC1CSC(CO)O1. The van der Waals surface area contributed by atoms with Crippen molar-refractivity contribution in [1.29, 1.82) is 0 Å². The first kappa shape index (κ1) is 55.8. The van der Waals surface area contributed by atoms with Gasteiger partial charge in [-0.3, -0.25) is 0 Å². The summed E-state index contributed by atoms with van der Waals surface area (Å²) >= 11 is 1.68. The first-order valence-electron chi connectivity index (χ1n) is 21.0. The molecule has 8 N–H and O–H groups in total. The Hall–Kier alpha value is -1.20. The van der Waals surface area contributed by atoms with Crippen molar-refractivity contribution >= 4 is 11.8 Å². The van der Waals surface area contributed by atoms with Crippen LogP contribution in [0.1, 0.15) is 87.0 Å². The quantitative estimate of drug-likeness (QED) is 0.0753. The number of nitrogens with zero attached hydrogens (tertiary/aromatic N) is 3. The van der Waals surface area contributed by atoms with Crippen molar-refractivity contribution in [3.63, 3.8) is 0 Å². The van der Waals surface area contributed by atoms with Crippen LogP contribution in [-0.4, -0.2) is 184 Å². The summed E-state index contributed by atoms with van der Waals surface area (Å²) in [4.78, 5) is 2.68. The standard InChI is InChI=1S/C6H11N3O2.C6H12O3.C6H12O2.C6H10O2.C6H12O.C5H10O3.C5H10O2S/c1-4-2-5(8-9-7)6(3-10)11-4;1-4-2-5(8)6(3-7)9-4;2*1-5-2-3-6(4-7)8-5;1-5-2-6(3-5)4-7;1-4-3-7-5(2-6)8-4;1-4-3-8-5(2-6)7-4/h4-6,10H,2-3H2,1H3;4-8H,2-3H2,1H3;5-7H,2-4H2,1H3;2-3,5-7H,4H2,1H3;5-7H,2-4H2,1H3;2*4-6H,2-3H2,1H3. The summed E-state index contributed by atoms with van der Waals surface area (Å²) in [6.07, 6.45) is 9.59. The van der Waals surface area contributed by atoms with E-state index >= 15 is 0 Å². The van der Waals surface area contributed by atoms with Gasteiger partial charge >= 0.3 is 0 Å². The Morgan fingerprint density at radius 1 is 0.627 bits per heavy atom. The second-order valence-corrected chi connectivity index (χ2v) is 17.0. The third-order valence-electron chi connectivity index (χ3n) is 9.90. The maximum atomic E-state index is 9.07. The van der Waals surface area contributed by atoms with Crippen LogP contribution < -0.4 is 0 Å². The van der Waals surface area contributed by atoms with Gasteiger partial charge in [0.05, 0.1) is 113 Å². The number of aliphatic hydroxyl groups is 8. The minimum absolute atomic E-state index is 0.0374. The molecule has 7 aliphatic rings. The number of azide groups is 1. The summed E-state index contributed by atoms with van der Waals surface area (Å²) in [5.41, 5.74) is 8.19. The van der Waals surface area contributed by atoms with Crippen LogP contribution in [0.25, 0.3) is 10.4 Å². The molecule has 0 aromatic heterocycles. The third kappa shape index (κ3) is 24.3. The molecule has 7 rings (SSSR count). The lowest BCUT2D eigenvalue weighted by Gasteiger charge is -2.30. The second kappa shape index (κ2) is 32.5. The third-order valence-corrected chi connectivity index (χ3v) is 11.2. The highest BCUT2D eigenvalue weighted by Gasteiger charge is 2.32. The molecule has 1 aliphatic carbocycles. The van der Waals surface area contributed by atoms with Gasteiger partial charge in [-0.05, 0) is 91.0 Å². The van der Waals surface area contributed by atoms with E-state index in [1.807, 2.05) is 53.7 Å². The summed E-state index contributed by atoms with van der Waals surface area (Å²) in [5, 5.41) is 72.5. The number of hydrogen-bond acceptors (Lipinski definition) is 17. The van der Waals surface area contributed by atoms with Crippen molar-refractivity contribution in [2.75, 3.05) is 58.6 Å². The van der Waals surface area contributed by atoms with Crippen LogP contribution in [0.4, 0.5) is 0 Å². The number of thioether (sulfide) groups is 1. The summed E-state index contributed by atoms with van der Waals surface area (Å²) in [5.74, 6) is 2.55. The zero-order valence-corrected chi connectivity index (χ0v) is 37.0. The van der Waals surface area contributed by atoms with Gasteiger partial charge in [-0.1, -0.05) is 24.2 Å². The highest BCUT2D eigenvalue weighted by Crippen LogP contribution is 2.32. The molecule has 6 aliphatic heterocycles. The van der Waals surface area contributed by atoms with E-state index in [-0.39, 0.29) is 106 Å². The molecular formula is C40H77N3O15S. The smallest absolute Gasteiger partial charge is 0.181 e. The van der Waals surface area contributed by atoms with Crippen molar-refractivity contribution in [3.8, 4) is 0 Å². The topological polar surface area (TPSA) is 275 Å². The predicted molar refractivity (Wildman–Crippen MR) is 222 cm³/mol. The van der Waals surface area contributed by atoms with Gasteiger partial charge in [-0.25, -0.2) is 0 Å². The Bertz CT molecular complexity index is 1080. The molecule has 59 heavy (non-hydrogen) atoms. The van der Waals surface area contributed by atoms with Gasteiger partial charge in [-0.15, -0.1) is 11.8 Å². The molecule has 14 unspecified atom stereocenters. The fourth-order valence-corrected chi connectivity index (χ4v) is 7.67. The van der Waals surface area contributed by atoms with E-state index in [0.717, 1.165) is 24.5 Å². The van der Waals surface area contributed by atoms with Crippen LogP contribution in [0.5, 0.6) is 0 Å². The van der Waals surface area contributed by atoms with Gasteiger partial charge < -0.3 is 74.0 Å². The van der Waals surface area contributed by atoms with E-state index in [0.29, 0.717) is 44.2 Å². The Kier molecular flexibility index (Phi) is 30.7. The predicted octanol–water partition coefficient (Wildman–Crippen LogP) is 2.44. The summed E-state index contributed by atoms with van der Waals surface area (Å²) in [6.45, 7) is 15.2. The molecule has 14 atom stereocenters. The Morgan fingerprint density at radius 2 is 1.29 bits per heavy atom. The summed E-state index contributed by atoms with van der Waals surface area (Å²) < 4.78 is 36.0. The van der Waals surface area contributed by atoms with E-state index in [9.17, 15) is 0 Å². The van der Waals surface area contributed by atoms with E-state index < -0.39 is 6.10 Å². The molecule has 6 heterocycles. The van der Waals surface area contributed by atoms with Crippen LogP contribution >= 0.6 is 11.8 Å². The molecule has 348 valence electrons. The lowest BCUT2D eigenvalue weighted by Crippen LogP contribution is -2.24. The van der Waals surface area contributed by atoms with Crippen LogP contribution in [0, 0.1) is 11.8 Å². The van der Waals surface area contributed by atoms with Crippen LogP contribution in [0.3, 0.4) is 0 Å². The Balaban J connectivity index is 0.000000346. The van der Waals surface area contributed by atoms with Gasteiger partial charge in [-0.2, -0.15) is 0 Å². The van der Waals surface area contributed by atoms with Crippen LogP contribution in [0.15, 0.2) is 17.3 Å². The molecule has 0 aromatic rings. The fraction of sp³-hybridized carbons (Fsp3) is 0.950. The van der Waals surface area contributed by atoms with Crippen molar-refractivity contribution in [2.24, 2.45) is 17.0 Å². The summed E-state index contributed by atoms with van der Waals surface area (Å²) in [6, 6.07) is -0.194. The fourth-order valence-electron chi connectivity index (χ4n) is 6.73. The van der Waals surface area contributed by atoms with Gasteiger partial charge in [0.2, 0.25) is 0 Å². The molecule has 6 fully saturated rings. The average Bonchev–Trinajstić information content (AvgIpc) is 4.09. The van der Waals surface area contributed by atoms with Crippen molar-refractivity contribution in [3.05, 3.63) is 22.6 Å². The lowest BCUT2D eigenvalue weighted by molar-refractivity contribution is -0.0853. The molecule has 0 spiro atoms. The van der Waals surface area contributed by atoms with Crippen molar-refractivity contribution in [1.82, 2.24) is 0 Å². The number of ether oxygens (including phenoxy) is 7. The number of rotatable bonds is 8. The van der Waals surface area contributed by atoms with Gasteiger partial charge in [0.25, 0.3) is 0 Å². The Morgan fingerprint density at radius 3 is 1.58 bits per heavy atom. The van der Waals surface area contributed by atoms with Crippen molar-refractivity contribution < 1.29 is 74.0 Å². The van der Waals surface area contributed by atoms with E-state index in [1.54, 1.807) is 11.8 Å². The van der Waals surface area contributed by atoms with Gasteiger partial charge in [0.1, 0.15) is 11.5 Å². The zero-order chi connectivity index (χ0) is 44.3. The van der Waals surface area contributed by atoms with E-state index in [1.165, 1.54) is 12.8 Å². The first-order valence-corrected chi connectivity index (χ1v) is 22.0. The second-order valence-electron chi connectivity index (χ2n) is 15.8. The van der Waals surface area contributed by atoms with E-state index in [4.69, 9.17) is 79.5 Å². The maximum absolute atomic E-state index is 9.07. The van der Waals surface area contributed by atoms with Gasteiger partial charge in [0.15, 0.2) is 6.29 Å². The largest absolute Gasteiger partial charge is 0.396 e. The van der Waals surface area contributed by atoms with E-state index in [2.05, 4.69) is 16.9 Å².